The van der Waals surface area contributed by atoms with Gasteiger partial charge >= 0.3 is 5.97 Å². The number of hydrogen-bond donors (Lipinski definition) is 1. The molecule has 1 amide bonds. The molecule has 4 rings (SSSR count). The summed E-state index contributed by atoms with van der Waals surface area (Å²) in [7, 11) is 0. The van der Waals surface area contributed by atoms with Gasteiger partial charge in [0, 0.05) is 30.8 Å². The van der Waals surface area contributed by atoms with Crippen molar-refractivity contribution in [1.82, 2.24) is 15.1 Å². The number of carboxylic acids is 1. The molecule has 0 spiro atoms. The van der Waals surface area contributed by atoms with Crippen LogP contribution < -0.4 is 4.90 Å². The van der Waals surface area contributed by atoms with Crippen molar-refractivity contribution in [2.24, 2.45) is 0 Å². The fourth-order valence-electron chi connectivity index (χ4n) is 3.43. The van der Waals surface area contributed by atoms with Crippen LogP contribution in [0.3, 0.4) is 0 Å². The quantitative estimate of drug-likeness (QED) is 0.889. The first-order chi connectivity index (χ1) is 11.6. The maximum Gasteiger partial charge on any atom is 0.356 e. The Morgan fingerprint density at radius 1 is 1.12 bits per heavy atom. The summed E-state index contributed by atoms with van der Waals surface area (Å²) in [5.41, 5.74) is 1.54. The number of anilines is 1. The lowest BCUT2D eigenvalue weighted by molar-refractivity contribution is 0.0687. The Labute approximate surface area is 138 Å². The van der Waals surface area contributed by atoms with Gasteiger partial charge < -0.3 is 14.9 Å². The van der Waals surface area contributed by atoms with E-state index in [2.05, 4.69) is 15.1 Å². The lowest BCUT2D eigenvalue weighted by Gasteiger charge is -2.38. The van der Waals surface area contributed by atoms with Crippen LogP contribution in [0.1, 0.15) is 26.4 Å². The second kappa shape index (κ2) is 5.59. The molecule has 2 aliphatic rings. The highest BCUT2D eigenvalue weighted by Gasteiger charge is 2.37. The summed E-state index contributed by atoms with van der Waals surface area (Å²) in [6, 6.07) is 11.0. The van der Waals surface area contributed by atoms with Gasteiger partial charge in [-0.2, -0.15) is 0 Å². The van der Waals surface area contributed by atoms with Gasteiger partial charge in [0.15, 0.2) is 11.5 Å². The Balaban J connectivity index is 1.53. The third kappa shape index (κ3) is 2.38. The maximum absolute atomic E-state index is 12.6. The Hall–Kier alpha value is -2.96. The van der Waals surface area contributed by atoms with Gasteiger partial charge in [0.2, 0.25) is 0 Å². The largest absolute Gasteiger partial charge is 0.476 e. The van der Waals surface area contributed by atoms with Crippen molar-refractivity contribution in [3.05, 3.63) is 53.2 Å². The monoisotopic (exact) mass is 324 g/mol. The van der Waals surface area contributed by atoms with Crippen LogP contribution >= 0.6 is 0 Å². The number of amides is 1. The molecule has 1 N–H and O–H groups in total. The first-order valence-corrected chi connectivity index (χ1v) is 7.84. The zero-order valence-electron chi connectivity index (χ0n) is 12.9. The van der Waals surface area contributed by atoms with Gasteiger partial charge in [-0.3, -0.25) is 4.79 Å². The topological polar surface area (TPSA) is 86.6 Å². The van der Waals surface area contributed by atoms with Crippen molar-refractivity contribution in [2.75, 3.05) is 24.5 Å². The van der Waals surface area contributed by atoms with Crippen molar-refractivity contribution in [3.8, 4) is 0 Å². The van der Waals surface area contributed by atoms with Crippen LogP contribution in [0.15, 0.2) is 36.4 Å². The maximum atomic E-state index is 12.6. The molecular formula is C17H16N4O3. The highest BCUT2D eigenvalue weighted by Crippen LogP contribution is 2.32. The molecule has 7 heteroatoms. The number of benzene rings is 1. The molecule has 24 heavy (non-hydrogen) atoms. The van der Waals surface area contributed by atoms with E-state index in [4.69, 9.17) is 5.11 Å². The minimum absolute atomic E-state index is 0.0310. The molecule has 3 heterocycles. The molecule has 0 aliphatic carbocycles. The predicted octanol–water partition coefficient (Wildman–Crippen LogP) is 1.06. The fraction of sp³-hybridized carbons (Fsp3) is 0.294. The summed E-state index contributed by atoms with van der Waals surface area (Å²) >= 11 is 0. The molecule has 7 nitrogen and oxygen atoms in total. The Bertz CT molecular complexity index is 809. The van der Waals surface area contributed by atoms with E-state index in [1.54, 1.807) is 6.07 Å². The van der Waals surface area contributed by atoms with Gasteiger partial charge in [-0.15, -0.1) is 10.2 Å². The Morgan fingerprint density at radius 3 is 2.67 bits per heavy atom. The number of aromatic carboxylic acids is 1. The zero-order valence-corrected chi connectivity index (χ0v) is 12.9. The third-order valence-electron chi connectivity index (χ3n) is 4.59. The summed E-state index contributed by atoms with van der Waals surface area (Å²) in [4.78, 5) is 27.6. The minimum atomic E-state index is -1.07. The molecule has 1 saturated heterocycles. The number of carbonyl (C=O) groups excluding carboxylic acids is 1. The van der Waals surface area contributed by atoms with E-state index in [1.165, 1.54) is 0 Å². The van der Waals surface area contributed by atoms with Crippen LogP contribution in [0.2, 0.25) is 0 Å². The Kier molecular flexibility index (Phi) is 3.41. The molecule has 1 aromatic heterocycles. The van der Waals surface area contributed by atoms with Crippen LogP contribution in [0.4, 0.5) is 5.82 Å². The number of carboxylic acid groups (broad SMARTS) is 1. The number of aromatic nitrogens is 2. The molecule has 0 saturated carbocycles. The smallest absolute Gasteiger partial charge is 0.356 e. The lowest BCUT2D eigenvalue weighted by Crippen LogP contribution is -2.53. The average Bonchev–Trinajstić information content (AvgIpc) is 2.98. The highest BCUT2D eigenvalue weighted by atomic mass is 16.4. The van der Waals surface area contributed by atoms with Gasteiger partial charge in [0.05, 0.1) is 6.04 Å². The molecule has 1 aromatic carbocycles. The number of hydrogen-bond acceptors (Lipinski definition) is 5. The van der Waals surface area contributed by atoms with Gasteiger partial charge in [-0.1, -0.05) is 18.2 Å². The molecule has 1 atom stereocenters. The van der Waals surface area contributed by atoms with Crippen LogP contribution in [0, 0.1) is 0 Å². The van der Waals surface area contributed by atoms with E-state index in [0.717, 1.165) is 11.4 Å². The molecule has 0 radical (unpaired) electrons. The minimum Gasteiger partial charge on any atom is -0.476 e. The van der Waals surface area contributed by atoms with Crippen molar-refractivity contribution in [2.45, 2.75) is 12.5 Å². The number of fused-ring (bicyclic) bond motifs is 3. The lowest BCUT2D eigenvalue weighted by atomic mass is 10.1. The van der Waals surface area contributed by atoms with Gasteiger partial charge in [0.1, 0.15) is 0 Å². The SMILES string of the molecule is O=C(O)c1cc2c(nn1)N1CCN(C(=O)c3ccccc3)CC1C2. The standard InChI is InChI=1S/C17H16N4O3/c22-16(11-4-2-1-3-5-11)20-6-7-21-13(10-20)8-12-9-14(17(23)24)18-19-15(12)21/h1-5,9,13H,6-8,10H2,(H,23,24). The molecule has 122 valence electrons. The van der Waals surface area contributed by atoms with Crippen LogP contribution in [-0.4, -0.2) is 57.8 Å². The predicted molar refractivity (Wildman–Crippen MR) is 86.2 cm³/mol. The average molecular weight is 324 g/mol. The summed E-state index contributed by atoms with van der Waals surface area (Å²) in [5.74, 6) is -0.295. The number of rotatable bonds is 2. The number of piperazine rings is 1. The van der Waals surface area contributed by atoms with Crippen LogP contribution in [0.25, 0.3) is 0 Å². The first kappa shape index (κ1) is 14.6. The van der Waals surface area contributed by atoms with E-state index in [1.807, 2.05) is 35.2 Å². The second-order valence-corrected chi connectivity index (χ2v) is 6.05. The summed E-state index contributed by atoms with van der Waals surface area (Å²) in [6.45, 7) is 1.90. The number of nitrogens with zero attached hydrogens (tertiary/aromatic N) is 4. The third-order valence-corrected chi connectivity index (χ3v) is 4.59. The molecule has 1 fully saturated rings. The fourth-order valence-corrected chi connectivity index (χ4v) is 3.43. The summed E-state index contributed by atoms with van der Waals surface area (Å²) in [5, 5.41) is 16.9. The molecule has 2 aliphatic heterocycles. The normalized spacial score (nSPS) is 18.9. The van der Waals surface area contributed by atoms with Crippen molar-refractivity contribution in [3.63, 3.8) is 0 Å². The van der Waals surface area contributed by atoms with Crippen LogP contribution in [0.5, 0.6) is 0 Å². The highest BCUT2D eigenvalue weighted by molar-refractivity contribution is 5.94. The van der Waals surface area contributed by atoms with E-state index < -0.39 is 5.97 Å². The first-order valence-electron chi connectivity index (χ1n) is 7.84. The van der Waals surface area contributed by atoms with Gasteiger partial charge in [0.25, 0.3) is 5.91 Å². The molecular weight excluding hydrogens is 308 g/mol. The van der Waals surface area contributed by atoms with Crippen molar-refractivity contribution < 1.29 is 14.7 Å². The summed E-state index contributed by atoms with van der Waals surface area (Å²) in [6.07, 6.45) is 0.684. The Morgan fingerprint density at radius 2 is 1.92 bits per heavy atom. The summed E-state index contributed by atoms with van der Waals surface area (Å²) < 4.78 is 0. The molecule has 1 unspecified atom stereocenters. The van der Waals surface area contributed by atoms with E-state index in [9.17, 15) is 9.59 Å². The molecule has 2 aromatic rings. The van der Waals surface area contributed by atoms with Gasteiger partial charge in [-0.25, -0.2) is 4.79 Å². The van der Waals surface area contributed by atoms with E-state index in [0.29, 0.717) is 31.6 Å². The van der Waals surface area contributed by atoms with Crippen molar-refractivity contribution in [1.29, 1.82) is 0 Å². The second-order valence-electron chi connectivity index (χ2n) is 6.05. The van der Waals surface area contributed by atoms with Crippen molar-refractivity contribution >= 4 is 17.7 Å². The molecule has 0 bridgehead atoms. The van der Waals surface area contributed by atoms with Gasteiger partial charge in [-0.05, 0) is 24.6 Å². The number of carbonyl (C=O) groups is 2. The van der Waals surface area contributed by atoms with E-state index in [-0.39, 0.29) is 17.6 Å². The zero-order chi connectivity index (χ0) is 16.7. The van der Waals surface area contributed by atoms with Crippen LogP contribution in [-0.2, 0) is 6.42 Å². The van der Waals surface area contributed by atoms with E-state index >= 15 is 0 Å².